The smallest absolute Gasteiger partial charge is 0.327 e. The average molecular weight is 334 g/mol. The van der Waals surface area contributed by atoms with E-state index in [1.165, 1.54) is 25.0 Å². The summed E-state index contributed by atoms with van der Waals surface area (Å²) in [6, 6.07) is 0. The summed E-state index contributed by atoms with van der Waals surface area (Å²) in [6.45, 7) is 2.15. The Hall–Kier alpha value is -1.94. The van der Waals surface area contributed by atoms with Gasteiger partial charge in [0.25, 0.3) is 0 Å². The number of hydrogen-bond acceptors (Lipinski definition) is 3. The van der Waals surface area contributed by atoms with Gasteiger partial charge >= 0.3 is 5.97 Å². The molecule has 0 aliphatic heterocycles. The number of aliphatic hydroxyl groups excluding tert-OH is 1. The third kappa shape index (κ3) is 16.4. The Balaban J connectivity index is 3.69. The van der Waals surface area contributed by atoms with Gasteiger partial charge in [-0.15, -0.1) is 0 Å². The van der Waals surface area contributed by atoms with Crippen LogP contribution < -0.4 is 0 Å². The molecule has 0 bridgehead atoms. The van der Waals surface area contributed by atoms with E-state index in [0.29, 0.717) is 0 Å². The maximum Gasteiger partial charge on any atom is 0.327 e. The molecule has 0 rings (SSSR count). The van der Waals surface area contributed by atoms with Crippen LogP contribution in [-0.2, 0) is 9.59 Å². The van der Waals surface area contributed by atoms with Crippen LogP contribution >= 0.6 is 0 Å². The van der Waals surface area contributed by atoms with E-state index in [0.717, 1.165) is 38.2 Å². The van der Waals surface area contributed by atoms with Crippen molar-refractivity contribution in [1.82, 2.24) is 0 Å². The van der Waals surface area contributed by atoms with Gasteiger partial charge < -0.3 is 10.2 Å². The summed E-state index contributed by atoms with van der Waals surface area (Å²) in [4.78, 5) is 21.6. The van der Waals surface area contributed by atoms with Crippen molar-refractivity contribution >= 4 is 11.8 Å². The Morgan fingerprint density at radius 3 is 2.42 bits per heavy atom. The molecular weight excluding hydrogens is 304 g/mol. The van der Waals surface area contributed by atoms with Crippen molar-refractivity contribution in [2.75, 3.05) is 0 Å². The first kappa shape index (κ1) is 22.1. The van der Waals surface area contributed by atoms with Crippen LogP contribution in [0.3, 0.4) is 0 Å². The number of hydrogen-bond donors (Lipinski definition) is 2. The Morgan fingerprint density at radius 1 is 0.958 bits per heavy atom. The first-order valence-corrected chi connectivity index (χ1v) is 8.66. The van der Waals surface area contributed by atoms with Gasteiger partial charge in [0.2, 0.25) is 0 Å². The molecule has 0 spiro atoms. The van der Waals surface area contributed by atoms with E-state index in [4.69, 9.17) is 5.11 Å². The van der Waals surface area contributed by atoms with E-state index in [-0.39, 0.29) is 18.3 Å². The zero-order chi connectivity index (χ0) is 18.0. The molecule has 0 heterocycles. The number of carbonyl (C=O) groups excluding carboxylic acids is 1. The SMILES string of the molecule is CCCCCC(O)C=CCCCC=CC=CC(=O)CC=CC(=O)O. The van der Waals surface area contributed by atoms with Crippen molar-refractivity contribution in [2.45, 2.75) is 64.4 Å². The molecule has 0 fully saturated rings. The zero-order valence-electron chi connectivity index (χ0n) is 14.6. The maximum absolute atomic E-state index is 11.4. The molecule has 4 nitrogen and oxygen atoms in total. The number of aliphatic carboxylic acids is 1. The molecular formula is C20H30O4. The first-order chi connectivity index (χ1) is 11.6. The monoisotopic (exact) mass is 334 g/mol. The lowest BCUT2D eigenvalue weighted by atomic mass is 10.1. The zero-order valence-corrected chi connectivity index (χ0v) is 14.6. The molecule has 24 heavy (non-hydrogen) atoms. The van der Waals surface area contributed by atoms with Crippen LogP contribution in [0, 0.1) is 0 Å². The fourth-order valence-electron chi connectivity index (χ4n) is 1.99. The number of aliphatic hydroxyl groups is 1. The number of carboxylic acids is 1. The van der Waals surface area contributed by atoms with Gasteiger partial charge in [-0.1, -0.05) is 62.6 Å². The summed E-state index contributed by atoms with van der Waals surface area (Å²) in [5.74, 6) is -1.17. The van der Waals surface area contributed by atoms with Gasteiger partial charge in [0.1, 0.15) is 0 Å². The van der Waals surface area contributed by atoms with E-state index < -0.39 is 5.97 Å². The van der Waals surface area contributed by atoms with Gasteiger partial charge in [-0.2, -0.15) is 0 Å². The van der Waals surface area contributed by atoms with Crippen LogP contribution in [0.4, 0.5) is 0 Å². The Bertz CT molecular complexity index is 458. The normalized spacial score (nSPS) is 13.6. The second-order valence-corrected chi connectivity index (χ2v) is 5.62. The number of carbonyl (C=O) groups is 2. The molecule has 1 atom stereocenters. The molecule has 0 aliphatic carbocycles. The highest BCUT2D eigenvalue weighted by atomic mass is 16.4. The molecule has 2 N–H and O–H groups in total. The molecule has 0 aromatic carbocycles. The Labute approximate surface area is 145 Å². The second-order valence-electron chi connectivity index (χ2n) is 5.62. The molecule has 0 saturated carbocycles. The van der Waals surface area contributed by atoms with Gasteiger partial charge in [0.15, 0.2) is 5.78 Å². The molecule has 0 aromatic heterocycles. The number of allylic oxidation sites excluding steroid dienone is 6. The third-order valence-electron chi connectivity index (χ3n) is 3.31. The third-order valence-corrected chi connectivity index (χ3v) is 3.31. The van der Waals surface area contributed by atoms with E-state index in [2.05, 4.69) is 6.92 Å². The van der Waals surface area contributed by atoms with E-state index in [1.807, 2.05) is 24.3 Å². The average Bonchev–Trinajstić information content (AvgIpc) is 2.53. The van der Waals surface area contributed by atoms with Crippen molar-refractivity contribution < 1.29 is 19.8 Å². The predicted octanol–water partition coefficient (Wildman–Crippen LogP) is 4.37. The minimum atomic E-state index is -1.05. The topological polar surface area (TPSA) is 74.6 Å². The van der Waals surface area contributed by atoms with Crippen LogP contribution in [0.2, 0.25) is 0 Å². The largest absolute Gasteiger partial charge is 0.478 e. The van der Waals surface area contributed by atoms with Crippen LogP contribution in [0.5, 0.6) is 0 Å². The van der Waals surface area contributed by atoms with Crippen molar-refractivity contribution in [3.8, 4) is 0 Å². The lowest BCUT2D eigenvalue weighted by molar-refractivity contribution is -0.131. The first-order valence-electron chi connectivity index (χ1n) is 8.66. The van der Waals surface area contributed by atoms with Crippen LogP contribution in [0.25, 0.3) is 0 Å². The van der Waals surface area contributed by atoms with Gasteiger partial charge in [-0.3, -0.25) is 4.79 Å². The highest BCUT2D eigenvalue weighted by molar-refractivity contribution is 5.91. The maximum atomic E-state index is 11.4. The summed E-state index contributed by atoms with van der Waals surface area (Å²) in [7, 11) is 0. The number of unbranched alkanes of at least 4 members (excludes halogenated alkanes) is 4. The lowest BCUT2D eigenvalue weighted by Crippen LogP contribution is -2.01. The molecule has 0 amide bonds. The molecule has 4 heteroatoms. The molecule has 0 saturated heterocycles. The Morgan fingerprint density at radius 2 is 1.71 bits per heavy atom. The minimum Gasteiger partial charge on any atom is -0.478 e. The quantitative estimate of drug-likeness (QED) is 0.214. The van der Waals surface area contributed by atoms with Crippen LogP contribution in [0.15, 0.2) is 48.6 Å². The number of carboxylic acid groups (broad SMARTS) is 1. The van der Waals surface area contributed by atoms with E-state index in [1.54, 1.807) is 6.08 Å². The van der Waals surface area contributed by atoms with Crippen LogP contribution in [0.1, 0.15) is 58.3 Å². The summed E-state index contributed by atoms with van der Waals surface area (Å²) in [5, 5.41) is 18.1. The summed E-state index contributed by atoms with van der Waals surface area (Å²) < 4.78 is 0. The van der Waals surface area contributed by atoms with E-state index >= 15 is 0 Å². The number of ketones is 1. The number of rotatable bonds is 14. The molecule has 134 valence electrons. The standard InChI is InChI=1S/C20H30O4/c1-2-3-9-13-18(21)14-10-7-5-4-6-8-11-15-19(22)16-12-17-20(23)24/h6,8,10-12,14-15,17-18,21H,2-5,7,9,13,16H2,1H3,(H,23,24). The van der Waals surface area contributed by atoms with Crippen molar-refractivity contribution in [2.24, 2.45) is 0 Å². The molecule has 0 aliphatic rings. The van der Waals surface area contributed by atoms with Gasteiger partial charge in [-0.05, 0) is 31.8 Å². The lowest BCUT2D eigenvalue weighted by Gasteiger charge is -2.03. The highest BCUT2D eigenvalue weighted by Gasteiger charge is 1.97. The fourth-order valence-corrected chi connectivity index (χ4v) is 1.99. The van der Waals surface area contributed by atoms with Gasteiger partial charge in [0.05, 0.1) is 6.10 Å². The Kier molecular flexibility index (Phi) is 14.6. The van der Waals surface area contributed by atoms with Crippen molar-refractivity contribution in [3.05, 3.63) is 48.6 Å². The van der Waals surface area contributed by atoms with Crippen molar-refractivity contribution in [1.29, 1.82) is 0 Å². The minimum absolute atomic E-state index is 0.0992. The van der Waals surface area contributed by atoms with Crippen molar-refractivity contribution in [3.63, 3.8) is 0 Å². The molecule has 0 radical (unpaired) electrons. The second kappa shape index (κ2) is 15.9. The molecule has 0 aromatic rings. The van der Waals surface area contributed by atoms with Crippen LogP contribution in [-0.4, -0.2) is 28.1 Å². The summed E-state index contributed by atoms with van der Waals surface area (Å²) in [6.07, 6.45) is 20.0. The van der Waals surface area contributed by atoms with Gasteiger partial charge in [0, 0.05) is 12.5 Å². The fraction of sp³-hybridized carbons (Fsp3) is 0.500. The molecule has 1 unspecified atom stereocenters. The highest BCUT2D eigenvalue weighted by Crippen LogP contribution is 2.06. The summed E-state index contributed by atoms with van der Waals surface area (Å²) in [5.41, 5.74) is 0. The van der Waals surface area contributed by atoms with Gasteiger partial charge in [-0.25, -0.2) is 4.79 Å². The van der Waals surface area contributed by atoms with E-state index in [9.17, 15) is 14.7 Å². The summed E-state index contributed by atoms with van der Waals surface area (Å²) >= 11 is 0. The predicted molar refractivity (Wildman–Crippen MR) is 97.8 cm³/mol.